The molecule has 2 rings (SSSR count). The summed E-state index contributed by atoms with van der Waals surface area (Å²) in [7, 11) is -3.51. The molecule has 0 spiro atoms. The van der Waals surface area contributed by atoms with Gasteiger partial charge in [-0.05, 0) is 50.4 Å². The van der Waals surface area contributed by atoms with Crippen LogP contribution in [-0.2, 0) is 14.8 Å². The number of anilines is 1. The Morgan fingerprint density at radius 3 is 2.54 bits per heavy atom. The van der Waals surface area contributed by atoms with Gasteiger partial charge >= 0.3 is 0 Å². The van der Waals surface area contributed by atoms with Crippen molar-refractivity contribution in [1.82, 2.24) is 4.31 Å². The highest BCUT2D eigenvalue weighted by Gasteiger charge is 2.27. The van der Waals surface area contributed by atoms with E-state index >= 15 is 0 Å². The predicted octanol–water partition coefficient (Wildman–Crippen LogP) is 2.27. The van der Waals surface area contributed by atoms with E-state index in [9.17, 15) is 13.2 Å². The molecule has 0 saturated carbocycles. The van der Waals surface area contributed by atoms with Crippen LogP contribution in [0.2, 0.25) is 0 Å². The molecule has 1 amide bonds. The second kappa shape index (κ2) is 9.36. The Labute approximate surface area is 150 Å². The predicted molar refractivity (Wildman–Crippen MR) is 98.0 cm³/mol. The summed E-state index contributed by atoms with van der Waals surface area (Å²) in [5.74, 6) is -0.152. The number of nitrogens with two attached hydrogens (primary N) is 1. The highest BCUT2D eigenvalue weighted by atomic mass is 35.5. The van der Waals surface area contributed by atoms with Gasteiger partial charge in [-0.3, -0.25) is 4.79 Å². The molecule has 3 N–H and O–H groups in total. The van der Waals surface area contributed by atoms with Crippen LogP contribution in [0, 0.1) is 6.92 Å². The summed E-state index contributed by atoms with van der Waals surface area (Å²) in [6.45, 7) is 3.36. The number of benzene rings is 1. The number of hydrogen-bond acceptors (Lipinski definition) is 4. The molecule has 1 aliphatic heterocycles. The van der Waals surface area contributed by atoms with Gasteiger partial charge in [-0.15, -0.1) is 12.4 Å². The lowest BCUT2D eigenvalue weighted by Gasteiger charge is -2.26. The standard InChI is InChI=1S/C16H25N3O3S.ClH/c1-13-7-8-14(18-16(20)6-5-9-17)12-15(13)23(21,22)19-10-3-2-4-11-19;/h7-8,12H,2-6,9-11,17H2,1H3,(H,18,20);1H. The number of nitrogens with zero attached hydrogens (tertiary/aromatic N) is 1. The molecule has 0 unspecified atom stereocenters. The number of amides is 1. The summed E-state index contributed by atoms with van der Waals surface area (Å²) in [6.07, 6.45) is 3.80. The molecule has 0 atom stereocenters. The van der Waals surface area contributed by atoms with Gasteiger partial charge < -0.3 is 11.1 Å². The van der Waals surface area contributed by atoms with E-state index in [1.54, 1.807) is 29.4 Å². The molecule has 1 aromatic rings. The number of carbonyl (C=O) groups is 1. The SMILES string of the molecule is Cc1ccc(NC(=O)CCCN)cc1S(=O)(=O)N1CCCCC1.Cl. The maximum Gasteiger partial charge on any atom is 0.243 e. The number of rotatable bonds is 6. The number of sulfonamides is 1. The van der Waals surface area contributed by atoms with Crippen molar-refractivity contribution >= 4 is 34.0 Å². The van der Waals surface area contributed by atoms with Gasteiger partial charge in [0.15, 0.2) is 0 Å². The van der Waals surface area contributed by atoms with Gasteiger partial charge in [0.05, 0.1) is 4.90 Å². The van der Waals surface area contributed by atoms with Crippen LogP contribution in [0.5, 0.6) is 0 Å². The molecule has 0 aromatic heterocycles. The van der Waals surface area contributed by atoms with Crippen molar-refractivity contribution < 1.29 is 13.2 Å². The van der Waals surface area contributed by atoms with Crippen LogP contribution in [0.15, 0.2) is 23.1 Å². The zero-order valence-corrected chi connectivity index (χ0v) is 15.6. The molecule has 24 heavy (non-hydrogen) atoms. The molecule has 0 radical (unpaired) electrons. The molecule has 0 aliphatic carbocycles. The van der Waals surface area contributed by atoms with E-state index in [2.05, 4.69) is 5.32 Å². The third kappa shape index (κ3) is 5.17. The largest absolute Gasteiger partial charge is 0.330 e. The van der Waals surface area contributed by atoms with Crippen LogP contribution in [0.1, 0.15) is 37.7 Å². The topological polar surface area (TPSA) is 92.5 Å². The fraction of sp³-hybridized carbons (Fsp3) is 0.562. The normalized spacial score (nSPS) is 15.6. The average Bonchev–Trinajstić information content (AvgIpc) is 2.55. The summed E-state index contributed by atoms with van der Waals surface area (Å²) in [5.41, 5.74) is 6.59. The number of piperidine rings is 1. The number of carbonyl (C=O) groups excluding carboxylic acids is 1. The van der Waals surface area contributed by atoms with Crippen LogP contribution in [0.25, 0.3) is 0 Å². The van der Waals surface area contributed by atoms with E-state index in [1.165, 1.54) is 0 Å². The fourth-order valence-electron chi connectivity index (χ4n) is 2.69. The van der Waals surface area contributed by atoms with E-state index in [4.69, 9.17) is 5.73 Å². The number of nitrogens with one attached hydrogen (secondary N) is 1. The fourth-order valence-corrected chi connectivity index (χ4v) is 4.45. The van der Waals surface area contributed by atoms with Gasteiger partial charge in [-0.1, -0.05) is 12.5 Å². The van der Waals surface area contributed by atoms with Gasteiger partial charge in [0, 0.05) is 25.2 Å². The minimum absolute atomic E-state index is 0. The van der Waals surface area contributed by atoms with Crippen molar-refractivity contribution in [2.24, 2.45) is 5.73 Å². The lowest BCUT2D eigenvalue weighted by molar-refractivity contribution is -0.116. The molecule has 0 bridgehead atoms. The van der Waals surface area contributed by atoms with Gasteiger partial charge in [0.2, 0.25) is 15.9 Å². The quantitative estimate of drug-likeness (QED) is 0.797. The van der Waals surface area contributed by atoms with Crippen LogP contribution in [-0.4, -0.2) is 38.3 Å². The minimum Gasteiger partial charge on any atom is -0.330 e. The van der Waals surface area contributed by atoms with Crippen molar-refractivity contribution in [2.45, 2.75) is 43.9 Å². The summed E-state index contributed by atoms with van der Waals surface area (Å²) in [4.78, 5) is 12.1. The van der Waals surface area contributed by atoms with Crippen molar-refractivity contribution in [1.29, 1.82) is 0 Å². The molecule has 1 heterocycles. The van der Waals surface area contributed by atoms with Gasteiger partial charge in [0.25, 0.3) is 0 Å². The van der Waals surface area contributed by atoms with Crippen LogP contribution < -0.4 is 11.1 Å². The maximum absolute atomic E-state index is 12.8. The van der Waals surface area contributed by atoms with E-state index in [1.807, 2.05) is 0 Å². The Morgan fingerprint density at radius 1 is 1.25 bits per heavy atom. The molecular weight excluding hydrogens is 350 g/mol. The zero-order chi connectivity index (χ0) is 16.9. The van der Waals surface area contributed by atoms with Crippen molar-refractivity contribution in [3.05, 3.63) is 23.8 Å². The van der Waals surface area contributed by atoms with Crippen molar-refractivity contribution in [2.75, 3.05) is 25.0 Å². The first-order valence-corrected chi connectivity index (χ1v) is 9.50. The zero-order valence-electron chi connectivity index (χ0n) is 14.0. The molecular formula is C16H26ClN3O3S. The van der Waals surface area contributed by atoms with Crippen LogP contribution in [0.3, 0.4) is 0 Å². The smallest absolute Gasteiger partial charge is 0.243 e. The number of hydrogen-bond donors (Lipinski definition) is 2. The summed E-state index contributed by atoms with van der Waals surface area (Å²) in [6, 6.07) is 5.01. The number of halogens is 1. The first-order valence-electron chi connectivity index (χ1n) is 8.06. The minimum atomic E-state index is -3.51. The first-order chi connectivity index (χ1) is 10.9. The van der Waals surface area contributed by atoms with Crippen molar-refractivity contribution in [3.63, 3.8) is 0 Å². The Balaban J connectivity index is 0.00000288. The highest BCUT2D eigenvalue weighted by molar-refractivity contribution is 7.89. The first kappa shape index (κ1) is 20.9. The molecule has 1 fully saturated rings. The van der Waals surface area contributed by atoms with Crippen molar-refractivity contribution in [3.8, 4) is 0 Å². The Morgan fingerprint density at radius 2 is 1.92 bits per heavy atom. The Kier molecular flexibility index (Phi) is 8.15. The molecule has 8 heteroatoms. The lowest BCUT2D eigenvalue weighted by Crippen LogP contribution is -2.36. The molecule has 1 aromatic carbocycles. The second-order valence-electron chi connectivity index (χ2n) is 5.89. The van der Waals surface area contributed by atoms with E-state index in [0.29, 0.717) is 43.7 Å². The molecule has 136 valence electrons. The monoisotopic (exact) mass is 375 g/mol. The summed E-state index contributed by atoms with van der Waals surface area (Å²) in [5, 5.41) is 2.74. The van der Waals surface area contributed by atoms with Gasteiger partial charge in [-0.25, -0.2) is 8.42 Å². The highest BCUT2D eigenvalue weighted by Crippen LogP contribution is 2.26. The van der Waals surface area contributed by atoms with Gasteiger partial charge in [0.1, 0.15) is 0 Å². The summed E-state index contributed by atoms with van der Waals surface area (Å²) < 4.78 is 27.2. The van der Waals surface area contributed by atoms with E-state index < -0.39 is 10.0 Å². The Bertz CT molecular complexity index is 659. The molecule has 1 saturated heterocycles. The van der Waals surface area contributed by atoms with E-state index in [0.717, 1.165) is 19.3 Å². The molecule has 1 aliphatic rings. The lowest BCUT2D eigenvalue weighted by atomic mass is 10.2. The maximum atomic E-state index is 12.8. The third-order valence-corrected chi connectivity index (χ3v) is 6.05. The third-order valence-electron chi connectivity index (χ3n) is 4.01. The van der Waals surface area contributed by atoms with Crippen LogP contribution in [0.4, 0.5) is 5.69 Å². The van der Waals surface area contributed by atoms with E-state index in [-0.39, 0.29) is 23.2 Å². The average molecular weight is 376 g/mol. The summed E-state index contributed by atoms with van der Waals surface area (Å²) >= 11 is 0. The van der Waals surface area contributed by atoms with Gasteiger partial charge in [-0.2, -0.15) is 4.31 Å². The number of aryl methyl sites for hydroxylation is 1. The second-order valence-corrected chi connectivity index (χ2v) is 7.79. The Hall–Kier alpha value is -1.15. The molecule has 6 nitrogen and oxygen atoms in total. The van der Waals surface area contributed by atoms with Crippen LogP contribution >= 0.6 is 12.4 Å².